The molecule has 0 aliphatic heterocycles. The highest BCUT2D eigenvalue weighted by Crippen LogP contribution is 2.26. The highest BCUT2D eigenvalue weighted by molar-refractivity contribution is 9.10. The molecule has 0 fully saturated rings. The summed E-state index contributed by atoms with van der Waals surface area (Å²) in [4.78, 5) is 12.3. The number of nitrogens with zero attached hydrogens (tertiary/aromatic N) is 3. The molecule has 0 saturated heterocycles. The zero-order chi connectivity index (χ0) is 19.4. The van der Waals surface area contributed by atoms with Gasteiger partial charge in [-0.05, 0) is 31.0 Å². The number of carbonyl (C=O) groups is 1. The molecule has 0 saturated carbocycles. The normalized spacial score (nSPS) is 12.0. The summed E-state index contributed by atoms with van der Waals surface area (Å²) in [5.74, 6) is 1.05. The van der Waals surface area contributed by atoms with Gasteiger partial charge in [-0.3, -0.25) is 4.79 Å². The smallest absolute Gasteiger partial charge is 0.230 e. The molecule has 3 rings (SSSR count). The third-order valence-electron chi connectivity index (χ3n) is 4.30. The Morgan fingerprint density at radius 1 is 1.19 bits per heavy atom. The first-order chi connectivity index (χ1) is 13.0. The number of benzene rings is 2. The average Bonchev–Trinajstić information content (AvgIpc) is 3.01. The van der Waals surface area contributed by atoms with Crippen LogP contribution in [0.5, 0.6) is 0 Å². The molecule has 5 nitrogen and oxygen atoms in total. The van der Waals surface area contributed by atoms with Crippen LogP contribution in [-0.2, 0) is 11.8 Å². The van der Waals surface area contributed by atoms with Crippen LogP contribution in [0, 0.1) is 6.92 Å². The van der Waals surface area contributed by atoms with Crippen LogP contribution >= 0.6 is 27.7 Å². The second-order valence-corrected chi connectivity index (χ2v) is 8.08. The number of hydrogen-bond acceptors (Lipinski definition) is 4. The van der Waals surface area contributed by atoms with Crippen LogP contribution in [0.15, 0.2) is 58.2 Å². The lowest BCUT2D eigenvalue weighted by atomic mass is 10.1. The lowest BCUT2D eigenvalue weighted by Gasteiger charge is -2.15. The Bertz CT molecular complexity index is 957. The molecule has 0 bridgehead atoms. The van der Waals surface area contributed by atoms with E-state index in [0.29, 0.717) is 0 Å². The largest absolute Gasteiger partial charge is 0.349 e. The Morgan fingerprint density at radius 3 is 2.63 bits per heavy atom. The van der Waals surface area contributed by atoms with Crippen LogP contribution in [0.1, 0.15) is 24.1 Å². The van der Waals surface area contributed by atoms with Gasteiger partial charge in [0.15, 0.2) is 11.0 Å². The van der Waals surface area contributed by atoms with E-state index >= 15 is 0 Å². The van der Waals surface area contributed by atoms with Gasteiger partial charge in [-0.25, -0.2) is 0 Å². The van der Waals surface area contributed by atoms with Crippen LogP contribution in [0.25, 0.3) is 11.4 Å². The summed E-state index contributed by atoms with van der Waals surface area (Å²) in [5.41, 5.74) is 3.24. The van der Waals surface area contributed by atoms with E-state index in [-0.39, 0.29) is 17.7 Å². The van der Waals surface area contributed by atoms with Gasteiger partial charge in [0.2, 0.25) is 5.91 Å². The summed E-state index contributed by atoms with van der Waals surface area (Å²) in [5, 5.41) is 12.3. The van der Waals surface area contributed by atoms with E-state index in [1.165, 1.54) is 11.8 Å². The van der Waals surface area contributed by atoms with Crippen molar-refractivity contribution in [2.75, 3.05) is 5.75 Å². The molecular formula is C20H21BrN4OS. The van der Waals surface area contributed by atoms with Gasteiger partial charge in [0.25, 0.3) is 0 Å². The molecule has 140 valence electrons. The van der Waals surface area contributed by atoms with Crippen molar-refractivity contribution in [3.05, 3.63) is 64.1 Å². The average molecular weight is 445 g/mol. The Hall–Kier alpha value is -2.12. The molecule has 0 spiro atoms. The number of halogens is 1. The van der Waals surface area contributed by atoms with Crippen molar-refractivity contribution in [3.63, 3.8) is 0 Å². The lowest BCUT2D eigenvalue weighted by Crippen LogP contribution is -2.28. The van der Waals surface area contributed by atoms with Crippen molar-refractivity contribution in [1.82, 2.24) is 20.1 Å². The first kappa shape index (κ1) is 19.6. The molecule has 1 amide bonds. The van der Waals surface area contributed by atoms with Gasteiger partial charge in [-0.2, -0.15) is 0 Å². The summed E-state index contributed by atoms with van der Waals surface area (Å²) in [7, 11) is 1.92. The van der Waals surface area contributed by atoms with E-state index in [4.69, 9.17) is 0 Å². The highest BCUT2D eigenvalue weighted by Gasteiger charge is 2.16. The van der Waals surface area contributed by atoms with Gasteiger partial charge < -0.3 is 9.88 Å². The molecule has 3 aromatic rings. The van der Waals surface area contributed by atoms with Crippen molar-refractivity contribution in [3.8, 4) is 11.4 Å². The van der Waals surface area contributed by atoms with Crippen LogP contribution < -0.4 is 5.32 Å². The Morgan fingerprint density at radius 2 is 1.89 bits per heavy atom. The lowest BCUT2D eigenvalue weighted by molar-refractivity contribution is -0.119. The molecule has 1 heterocycles. The van der Waals surface area contributed by atoms with Gasteiger partial charge in [-0.1, -0.05) is 70.2 Å². The monoisotopic (exact) mass is 444 g/mol. The maximum atomic E-state index is 12.3. The topological polar surface area (TPSA) is 59.8 Å². The van der Waals surface area contributed by atoms with E-state index in [1.54, 1.807) is 0 Å². The minimum atomic E-state index is -0.0734. The molecule has 0 radical (unpaired) electrons. The zero-order valence-electron chi connectivity index (χ0n) is 15.4. The number of amides is 1. The maximum absolute atomic E-state index is 12.3. The molecule has 1 atom stereocenters. The quantitative estimate of drug-likeness (QED) is 0.567. The van der Waals surface area contributed by atoms with Crippen molar-refractivity contribution < 1.29 is 4.79 Å². The second kappa shape index (κ2) is 8.71. The molecule has 0 aliphatic carbocycles. The Balaban J connectivity index is 1.63. The predicted molar refractivity (Wildman–Crippen MR) is 113 cm³/mol. The van der Waals surface area contributed by atoms with Crippen molar-refractivity contribution in [1.29, 1.82) is 0 Å². The van der Waals surface area contributed by atoms with Gasteiger partial charge in [0, 0.05) is 17.1 Å². The number of aromatic nitrogens is 3. The van der Waals surface area contributed by atoms with Gasteiger partial charge in [0.05, 0.1) is 11.8 Å². The number of thioether (sulfide) groups is 1. The summed E-state index contributed by atoms with van der Waals surface area (Å²) in [6.07, 6.45) is 0. The summed E-state index contributed by atoms with van der Waals surface area (Å²) in [6, 6.07) is 15.9. The van der Waals surface area contributed by atoms with E-state index in [0.717, 1.165) is 32.1 Å². The van der Waals surface area contributed by atoms with Crippen LogP contribution in [0.4, 0.5) is 0 Å². The Labute approximate surface area is 171 Å². The van der Waals surface area contributed by atoms with Crippen molar-refractivity contribution in [2.24, 2.45) is 7.05 Å². The summed E-state index contributed by atoms with van der Waals surface area (Å²) >= 11 is 4.91. The minimum absolute atomic E-state index is 0.0382. The van der Waals surface area contributed by atoms with Gasteiger partial charge in [-0.15, -0.1) is 10.2 Å². The standard InChI is InChI=1S/C20H21BrN4OS/c1-13-8-4-5-9-15(13)19-23-24-20(25(19)3)27-12-18(26)22-14(2)16-10-6-7-11-17(16)21/h4-11,14H,12H2,1-3H3,(H,22,26)/t14-/m1/s1. The SMILES string of the molecule is Cc1ccccc1-c1nnc(SCC(=O)N[C@H](C)c2ccccc2Br)n1C. The number of carbonyl (C=O) groups excluding carboxylic acids is 1. The fraction of sp³-hybridized carbons (Fsp3) is 0.250. The van der Waals surface area contributed by atoms with Crippen molar-refractivity contribution in [2.45, 2.75) is 25.0 Å². The molecule has 1 N–H and O–H groups in total. The molecule has 27 heavy (non-hydrogen) atoms. The van der Waals surface area contributed by atoms with E-state index in [1.807, 2.05) is 74.0 Å². The van der Waals surface area contributed by atoms with Crippen LogP contribution in [0.2, 0.25) is 0 Å². The first-order valence-electron chi connectivity index (χ1n) is 8.59. The zero-order valence-corrected chi connectivity index (χ0v) is 17.8. The molecular weight excluding hydrogens is 424 g/mol. The third-order valence-corrected chi connectivity index (χ3v) is 6.04. The Kier molecular flexibility index (Phi) is 6.34. The molecule has 7 heteroatoms. The molecule has 0 aliphatic rings. The van der Waals surface area contributed by atoms with Gasteiger partial charge in [0.1, 0.15) is 0 Å². The second-order valence-electron chi connectivity index (χ2n) is 6.28. The fourth-order valence-electron chi connectivity index (χ4n) is 2.82. The van der Waals surface area contributed by atoms with E-state index in [2.05, 4.69) is 31.4 Å². The number of nitrogens with one attached hydrogen (secondary N) is 1. The predicted octanol–water partition coefficient (Wildman–Crippen LogP) is 4.52. The van der Waals surface area contributed by atoms with Crippen molar-refractivity contribution >= 4 is 33.6 Å². The molecule has 1 aromatic heterocycles. The maximum Gasteiger partial charge on any atom is 0.230 e. The fourth-order valence-corrected chi connectivity index (χ4v) is 4.17. The summed E-state index contributed by atoms with van der Waals surface area (Å²) in [6.45, 7) is 4.02. The summed E-state index contributed by atoms with van der Waals surface area (Å²) < 4.78 is 2.92. The molecule has 2 aromatic carbocycles. The highest BCUT2D eigenvalue weighted by atomic mass is 79.9. The number of rotatable bonds is 6. The number of aryl methyl sites for hydroxylation is 1. The van der Waals surface area contributed by atoms with E-state index in [9.17, 15) is 4.79 Å². The third kappa shape index (κ3) is 4.59. The number of hydrogen-bond donors (Lipinski definition) is 1. The van der Waals surface area contributed by atoms with Crippen LogP contribution in [-0.4, -0.2) is 26.4 Å². The van der Waals surface area contributed by atoms with Crippen LogP contribution in [0.3, 0.4) is 0 Å². The first-order valence-corrected chi connectivity index (χ1v) is 10.4. The minimum Gasteiger partial charge on any atom is -0.349 e. The van der Waals surface area contributed by atoms with Gasteiger partial charge >= 0.3 is 0 Å². The van der Waals surface area contributed by atoms with E-state index < -0.39 is 0 Å². The molecule has 0 unspecified atom stereocenters.